The molecule has 1 aromatic rings. The average Bonchev–Trinajstić information content (AvgIpc) is 2.58. The second-order valence-corrected chi connectivity index (χ2v) is 2.19. The van der Waals surface area contributed by atoms with Gasteiger partial charge < -0.3 is 0 Å². The number of aliphatic imine (C=N–C) groups is 2. The van der Waals surface area contributed by atoms with Crippen LogP contribution in [-0.2, 0) is 0 Å². The zero-order valence-electron chi connectivity index (χ0n) is 5.94. The summed E-state index contributed by atoms with van der Waals surface area (Å²) in [4.78, 5) is 12.3. The number of pyridine rings is 1. The molecule has 0 spiro atoms. The minimum atomic E-state index is 0.686. The number of hydrogen-bond donors (Lipinski definition) is 0. The van der Waals surface area contributed by atoms with E-state index in [9.17, 15) is 0 Å². The lowest BCUT2D eigenvalue weighted by Crippen LogP contribution is -1.96. The van der Waals surface area contributed by atoms with Gasteiger partial charge in [0.15, 0.2) is 5.84 Å². The molecule has 1 aromatic heterocycles. The van der Waals surface area contributed by atoms with Crippen LogP contribution in [0.2, 0.25) is 0 Å². The fourth-order valence-corrected chi connectivity index (χ4v) is 0.938. The molecule has 0 saturated heterocycles. The first-order valence-electron chi connectivity index (χ1n) is 3.45. The van der Waals surface area contributed by atoms with E-state index < -0.39 is 0 Å². The Balaban J connectivity index is 2.37. The number of nitrogens with zero attached hydrogens (tertiary/aromatic N) is 3. The van der Waals surface area contributed by atoms with Gasteiger partial charge in [0.1, 0.15) is 5.69 Å². The van der Waals surface area contributed by atoms with Gasteiger partial charge in [0.25, 0.3) is 0 Å². The van der Waals surface area contributed by atoms with Gasteiger partial charge in [-0.15, -0.1) is 0 Å². The maximum atomic E-state index is 4.14. The Morgan fingerprint density at radius 1 is 1.27 bits per heavy atom. The number of amidine groups is 1. The summed E-state index contributed by atoms with van der Waals surface area (Å²) < 4.78 is 0. The molecular formula is C8H7N3. The van der Waals surface area contributed by atoms with Crippen molar-refractivity contribution in [1.29, 1.82) is 0 Å². The lowest BCUT2D eigenvalue weighted by atomic mass is 10.3. The summed E-state index contributed by atoms with van der Waals surface area (Å²) in [6.07, 6.45) is 3.52. The summed E-state index contributed by atoms with van der Waals surface area (Å²) in [5.41, 5.74) is 0.848. The molecule has 3 nitrogen and oxygen atoms in total. The van der Waals surface area contributed by atoms with E-state index in [2.05, 4.69) is 15.0 Å². The highest BCUT2D eigenvalue weighted by Crippen LogP contribution is 2.00. The van der Waals surface area contributed by atoms with Crippen LogP contribution in [0.1, 0.15) is 5.69 Å². The van der Waals surface area contributed by atoms with Crippen LogP contribution in [-0.4, -0.2) is 23.6 Å². The van der Waals surface area contributed by atoms with E-state index in [0.717, 1.165) is 11.5 Å². The molecule has 54 valence electrons. The van der Waals surface area contributed by atoms with Crippen LogP contribution >= 0.6 is 0 Å². The highest BCUT2D eigenvalue weighted by molar-refractivity contribution is 6.04. The van der Waals surface area contributed by atoms with Crippen LogP contribution in [0.3, 0.4) is 0 Å². The third-order valence-electron chi connectivity index (χ3n) is 1.43. The van der Waals surface area contributed by atoms with E-state index in [0.29, 0.717) is 6.54 Å². The van der Waals surface area contributed by atoms with E-state index in [1.165, 1.54) is 0 Å². The maximum Gasteiger partial charge on any atom is 0.173 e. The van der Waals surface area contributed by atoms with Gasteiger partial charge in [-0.2, -0.15) is 0 Å². The normalized spacial score (nSPS) is 15.1. The van der Waals surface area contributed by atoms with Gasteiger partial charge in [-0.05, 0) is 12.1 Å². The molecule has 1 aliphatic rings. The van der Waals surface area contributed by atoms with Crippen molar-refractivity contribution in [3.8, 4) is 0 Å². The van der Waals surface area contributed by atoms with Gasteiger partial charge in [-0.25, -0.2) is 4.99 Å². The zero-order chi connectivity index (χ0) is 7.52. The fourth-order valence-electron chi connectivity index (χ4n) is 0.938. The third-order valence-corrected chi connectivity index (χ3v) is 1.43. The summed E-state index contributed by atoms with van der Waals surface area (Å²) in [6, 6.07) is 5.71. The smallest absolute Gasteiger partial charge is 0.173 e. The minimum absolute atomic E-state index is 0.686. The second kappa shape index (κ2) is 2.62. The van der Waals surface area contributed by atoms with Crippen LogP contribution in [0, 0.1) is 0 Å². The average molecular weight is 145 g/mol. The van der Waals surface area contributed by atoms with Crippen molar-refractivity contribution in [2.75, 3.05) is 6.54 Å². The molecule has 2 heterocycles. The van der Waals surface area contributed by atoms with Gasteiger partial charge in [0.2, 0.25) is 0 Å². The summed E-state index contributed by atoms with van der Waals surface area (Å²) in [5, 5.41) is 0. The van der Waals surface area contributed by atoms with Crippen molar-refractivity contribution >= 4 is 12.1 Å². The van der Waals surface area contributed by atoms with Gasteiger partial charge in [0, 0.05) is 12.4 Å². The number of aromatic nitrogens is 1. The first-order chi connectivity index (χ1) is 5.47. The second-order valence-electron chi connectivity index (χ2n) is 2.19. The molecule has 1 aliphatic heterocycles. The molecule has 0 atom stereocenters. The van der Waals surface area contributed by atoms with Crippen LogP contribution in [0.4, 0.5) is 0 Å². The summed E-state index contributed by atoms with van der Waals surface area (Å²) in [5.74, 6) is 0.741. The van der Waals surface area contributed by atoms with Crippen molar-refractivity contribution in [3.05, 3.63) is 30.1 Å². The maximum absolute atomic E-state index is 4.14. The standard InChI is InChI=1S/C8H7N3/c1-2-4-9-7(3-1)8-10-5-6-11-8/h1-5H,6H2. The molecule has 0 unspecified atom stereocenters. The minimum Gasteiger partial charge on any atom is -0.259 e. The van der Waals surface area contributed by atoms with E-state index >= 15 is 0 Å². The lowest BCUT2D eigenvalue weighted by molar-refractivity contribution is 1.26. The Morgan fingerprint density at radius 2 is 2.27 bits per heavy atom. The molecule has 0 aromatic carbocycles. The topological polar surface area (TPSA) is 37.6 Å². The van der Waals surface area contributed by atoms with Gasteiger partial charge in [0.05, 0.1) is 6.54 Å². The predicted molar refractivity (Wildman–Crippen MR) is 44.1 cm³/mol. The van der Waals surface area contributed by atoms with Crippen LogP contribution < -0.4 is 0 Å². The van der Waals surface area contributed by atoms with Crippen molar-refractivity contribution < 1.29 is 0 Å². The monoisotopic (exact) mass is 145 g/mol. The quantitative estimate of drug-likeness (QED) is 0.578. The molecule has 0 amide bonds. The van der Waals surface area contributed by atoms with Gasteiger partial charge >= 0.3 is 0 Å². The van der Waals surface area contributed by atoms with Crippen LogP contribution in [0.5, 0.6) is 0 Å². The molecule has 0 fully saturated rings. The SMILES string of the molecule is C1=NC(c2ccccn2)=NC1. The van der Waals surface area contributed by atoms with Gasteiger partial charge in [-0.1, -0.05) is 6.07 Å². The first kappa shape index (κ1) is 6.22. The van der Waals surface area contributed by atoms with E-state index in [1.807, 2.05) is 18.2 Å². The first-order valence-corrected chi connectivity index (χ1v) is 3.45. The molecule has 0 N–H and O–H groups in total. The molecule has 2 rings (SSSR count). The summed E-state index contributed by atoms with van der Waals surface area (Å²) >= 11 is 0. The summed E-state index contributed by atoms with van der Waals surface area (Å²) in [6.45, 7) is 0.686. The van der Waals surface area contributed by atoms with Crippen LogP contribution in [0.15, 0.2) is 34.4 Å². The Kier molecular flexibility index (Phi) is 1.48. The Labute approximate surface area is 64.5 Å². The zero-order valence-corrected chi connectivity index (χ0v) is 5.94. The molecule has 3 heteroatoms. The number of rotatable bonds is 1. The van der Waals surface area contributed by atoms with Crippen molar-refractivity contribution in [2.24, 2.45) is 9.98 Å². The third kappa shape index (κ3) is 1.17. The van der Waals surface area contributed by atoms with Crippen LogP contribution in [0.25, 0.3) is 0 Å². The molecule has 0 aliphatic carbocycles. The molecule has 0 bridgehead atoms. The molecule has 0 saturated carbocycles. The molecular weight excluding hydrogens is 138 g/mol. The Bertz CT molecular complexity index is 300. The Hall–Kier alpha value is -1.51. The number of hydrogen-bond acceptors (Lipinski definition) is 3. The van der Waals surface area contributed by atoms with Gasteiger partial charge in [-0.3, -0.25) is 9.98 Å². The van der Waals surface area contributed by atoms with Crippen molar-refractivity contribution in [3.63, 3.8) is 0 Å². The molecule has 11 heavy (non-hydrogen) atoms. The van der Waals surface area contributed by atoms with E-state index in [1.54, 1.807) is 12.4 Å². The summed E-state index contributed by atoms with van der Waals surface area (Å²) in [7, 11) is 0. The highest BCUT2D eigenvalue weighted by atomic mass is 15.0. The van der Waals surface area contributed by atoms with Crippen molar-refractivity contribution in [1.82, 2.24) is 4.98 Å². The largest absolute Gasteiger partial charge is 0.259 e. The van der Waals surface area contributed by atoms with E-state index in [-0.39, 0.29) is 0 Å². The van der Waals surface area contributed by atoms with Crippen molar-refractivity contribution in [2.45, 2.75) is 0 Å². The lowest BCUT2D eigenvalue weighted by Gasteiger charge is -1.92. The van der Waals surface area contributed by atoms with E-state index in [4.69, 9.17) is 0 Å². The molecule has 0 radical (unpaired) electrons. The Morgan fingerprint density at radius 3 is 2.91 bits per heavy atom. The fraction of sp³-hybridized carbons (Fsp3) is 0.125. The highest BCUT2D eigenvalue weighted by Gasteiger charge is 2.03. The predicted octanol–water partition coefficient (Wildman–Crippen LogP) is 0.913.